The number of halogens is 4. The number of H-pyrrole nitrogens is 1. The van der Waals surface area contributed by atoms with Crippen molar-refractivity contribution < 1.29 is 37.2 Å². The van der Waals surface area contributed by atoms with Crippen molar-refractivity contribution in [3.63, 3.8) is 0 Å². The lowest BCUT2D eigenvalue weighted by Crippen LogP contribution is -2.21. The Morgan fingerprint density at radius 3 is 2.38 bits per heavy atom. The molecule has 3 N–H and O–H groups in total. The highest BCUT2D eigenvalue weighted by atomic mass is 19.1. The van der Waals surface area contributed by atoms with Crippen LogP contribution in [0.25, 0.3) is 22.3 Å². The Morgan fingerprint density at radius 1 is 0.969 bits per heavy atom. The zero-order chi connectivity index (χ0) is 22.8. The highest BCUT2D eigenvalue weighted by Gasteiger charge is 2.22. The molecule has 0 unspecified atom stereocenters. The van der Waals surface area contributed by atoms with Crippen LogP contribution in [-0.2, 0) is 0 Å². The molecule has 0 aliphatic carbocycles. The SMILES string of the molecule is OC[C@H](O)COc1nc(Oc2ccc(F)cc2F)nc2n[nH]c(-c3ccc(F)cc3F)c12. The first-order chi connectivity index (χ1) is 15.4. The summed E-state index contributed by atoms with van der Waals surface area (Å²) >= 11 is 0. The average molecular weight is 450 g/mol. The van der Waals surface area contributed by atoms with E-state index in [-0.39, 0.29) is 33.9 Å². The molecule has 32 heavy (non-hydrogen) atoms. The Balaban J connectivity index is 1.81. The van der Waals surface area contributed by atoms with Gasteiger partial charge in [0.15, 0.2) is 17.2 Å². The molecule has 1 atom stereocenters. The van der Waals surface area contributed by atoms with E-state index in [0.29, 0.717) is 12.1 Å². The molecule has 0 aliphatic rings. The molecule has 0 radical (unpaired) electrons. The Kier molecular flexibility index (Phi) is 5.88. The van der Waals surface area contributed by atoms with Crippen molar-refractivity contribution in [2.24, 2.45) is 0 Å². The lowest BCUT2D eigenvalue weighted by Gasteiger charge is -2.12. The number of aliphatic hydroxyl groups is 2. The quantitative estimate of drug-likeness (QED) is 0.371. The van der Waals surface area contributed by atoms with Crippen LogP contribution in [-0.4, -0.2) is 49.7 Å². The lowest BCUT2D eigenvalue weighted by molar-refractivity contribution is 0.0525. The van der Waals surface area contributed by atoms with Gasteiger partial charge in [-0.3, -0.25) is 5.10 Å². The minimum absolute atomic E-state index is 0.0468. The number of hydrogen-bond acceptors (Lipinski definition) is 7. The molecule has 2 aromatic carbocycles. The van der Waals surface area contributed by atoms with Gasteiger partial charge in [0.25, 0.3) is 0 Å². The third-order valence-electron chi connectivity index (χ3n) is 4.28. The monoisotopic (exact) mass is 450 g/mol. The summed E-state index contributed by atoms with van der Waals surface area (Å²) < 4.78 is 65.4. The molecule has 0 bridgehead atoms. The van der Waals surface area contributed by atoms with Crippen LogP contribution in [0, 0.1) is 23.3 Å². The summed E-state index contributed by atoms with van der Waals surface area (Å²) in [7, 11) is 0. The number of benzene rings is 2. The van der Waals surface area contributed by atoms with Gasteiger partial charge in [-0.2, -0.15) is 15.1 Å². The van der Waals surface area contributed by atoms with Crippen molar-refractivity contribution in [2.45, 2.75) is 6.10 Å². The molecule has 0 saturated carbocycles. The maximum Gasteiger partial charge on any atom is 0.327 e. The topological polar surface area (TPSA) is 113 Å². The Morgan fingerprint density at radius 2 is 1.69 bits per heavy atom. The van der Waals surface area contributed by atoms with Gasteiger partial charge in [0.1, 0.15) is 35.5 Å². The molecule has 0 saturated heterocycles. The highest BCUT2D eigenvalue weighted by molar-refractivity contribution is 5.94. The average Bonchev–Trinajstić information content (AvgIpc) is 3.17. The lowest BCUT2D eigenvalue weighted by atomic mass is 10.1. The van der Waals surface area contributed by atoms with Crippen LogP contribution in [0.4, 0.5) is 17.6 Å². The molecular formula is C20H14F4N4O4. The van der Waals surface area contributed by atoms with Crippen molar-refractivity contribution in [1.29, 1.82) is 0 Å². The molecule has 0 spiro atoms. The molecule has 0 fully saturated rings. The van der Waals surface area contributed by atoms with Gasteiger partial charge in [-0.05, 0) is 24.3 Å². The van der Waals surface area contributed by atoms with E-state index in [1.165, 1.54) is 6.07 Å². The molecule has 8 nitrogen and oxygen atoms in total. The number of fused-ring (bicyclic) bond motifs is 1. The van der Waals surface area contributed by atoms with Crippen molar-refractivity contribution in [3.05, 3.63) is 59.7 Å². The van der Waals surface area contributed by atoms with Crippen molar-refractivity contribution >= 4 is 11.0 Å². The summed E-state index contributed by atoms with van der Waals surface area (Å²) in [4.78, 5) is 8.02. The first-order valence-electron chi connectivity index (χ1n) is 9.12. The van der Waals surface area contributed by atoms with Gasteiger partial charge in [-0.15, -0.1) is 0 Å². The Hall–Kier alpha value is -3.77. The summed E-state index contributed by atoms with van der Waals surface area (Å²) in [6, 6.07) is 5.04. The fourth-order valence-electron chi connectivity index (χ4n) is 2.80. The molecule has 4 rings (SSSR count). The molecular weight excluding hydrogens is 436 g/mol. The second-order valence-electron chi connectivity index (χ2n) is 6.56. The third kappa shape index (κ3) is 4.31. The summed E-state index contributed by atoms with van der Waals surface area (Å²) in [6.07, 6.45) is -1.27. The number of ether oxygens (including phenoxy) is 2. The van der Waals surface area contributed by atoms with Crippen LogP contribution in [0.3, 0.4) is 0 Å². The standard InChI is InChI=1S/C20H14F4N4O4/c21-9-1-3-12(13(23)5-9)17-16-18(28-27-17)25-20(26-19(16)31-8-11(30)7-29)32-15-4-2-10(22)6-14(15)24/h1-6,11,29-30H,7-8H2,(H,25,26,27,28)/t11-/m0/s1. The molecule has 2 heterocycles. The maximum atomic E-state index is 14.3. The summed E-state index contributed by atoms with van der Waals surface area (Å²) in [5, 5.41) is 25.2. The smallest absolute Gasteiger partial charge is 0.327 e. The molecule has 4 aromatic rings. The molecule has 0 aliphatic heterocycles. The second kappa shape index (κ2) is 8.77. The largest absolute Gasteiger partial charge is 0.474 e. The zero-order valence-electron chi connectivity index (χ0n) is 16.0. The predicted molar refractivity (Wildman–Crippen MR) is 102 cm³/mol. The fourth-order valence-corrected chi connectivity index (χ4v) is 2.80. The van der Waals surface area contributed by atoms with Crippen LogP contribution in [0.2, 0.25) is 0 Å². The van der Waals surface area contributed by atoms with E-state index in [4.69, 9.17) is 14.6 Å². The normalized spacial score (nSPS) is 12.2. The van der Waals surface area contributed by atoms with Crippen molar-refractivity contribution in [3.8, 4) is 28.9 Å². The number of hydrogen-bond donors (Lipinski definition) is 3. The van der Waals surface area contributed by atoms with Crippen molar-refractivity contribution in [2.75, 3.05) is 13.2 Å². The number of aromatic amines is 1. The van der Waals surface area contributed by atoms with E-state index >= 15 is 0 Å². The number of rotatable bonds is 7. The van der Waals surface area contributed by atoms with Gasteiger partial charge in [0.05, 0.1) is 12.3 Å². The van der Waals surface area contributed by atoms with Crippen LogP contribution < -0.4 is 9.47 Å². The Bertz CT molecular complexity index is 1280. The summed E-state index contributed by atoms with van der Waals surface area (Å²) in [6.45, 7) is -1.02. The van der Waals surface area contributed by atoms with Crippen LogP contribution in [0.15, 0.2) is 36.4 Å². The van der Waals surface area contributed by atoms with Crippen LogP contribution in [0.5, 0.6) is 17.6 Å². The minimum atomic E-state index is -1.27. The predicted octanol–water partition coefficient (Wildman–Crippen LogP) is 3.10. The summed E-state index contributed by atoms with van der Waals surface area (Å²) in [5.41, 5.74) is -0.0986. The van der Waals surface area contributed by atoms with E-state index in [2.05, 4.69) is 20.2 Å². The van der Waals surface area contributed by atoms with Crippen LogP contribution in [0.1, 0.15) is 0 Å². The van der Waals surface area contributed by atoms with Crippen LogP contribution >= 0.6 is 0 Å². The maximum absolute atomic E-state index is 14.3. The van der Waals surface area contributed by atoms with E-state index < -0.39 is 48.6 Å². The first-order valence-corrected chi connectivity index (χ1v) is 9.12. The number of aromatic nitrogens is 4. The van der Waals surface area contributed by atoms with Gasteiger partial charge in [0.2, 0.25) is 5.88 Å². The molecule has 0 amide bonds. The number of nitrogens with zero attached hydrogens (tertiary/aromatic N) is 3. The minimum Gasteiger partial charge on any atom is -0.474 e. The first kappa shape index (κ1) is 21.5. The van der Waals surface area contributed by atoms with Gasteiger partial charge in [-0.1, -0.05) is 0 Å². The van der Waals surface area contributed by atoms with E-state index in [1.807, 2.05) is 0 Å². The molecule has 12 heteroatoms. The zero-order valence-corrected chi connectivity index (χ0v) is 16.0. The number of aliphatic hydroxyl groups excluding tert-OH is 2. The number of nitrogens with one attached hydrogen (secondary N) is 1. The van der Waals surface area contributed by atoms with Crippen molar-refractivity contribution in [1.82, 2.24) is 20.2 Å². The van der Waals surface area contributed by atoms with Gasteiger partial charge in [0, 0.05) is 17.7 Å². The summed E-state index contributed by atoms with van der Waals surface area (Å²) in [5.74, 6) is -4.13. The van der Waals surface area contributed by atoms with E-state index in [9.17, 15) is 22.7 Å². The second-order valence-corrected chi connectivity index (χ2v) is 6.56. The molecule has 2 aromatic heterocycles. The van der Waals surface area contributed by atoms with E-state index in [0.717, 1.165) is 18.2 Å². The fraction of sp³-hybridized carbons (Fsp3) is 0.150. The van der Waals surface area contributed by atoms with Gasteiger partial charge in [-0.25, -0.2) is 17.6 Å². The van der Waals surface area contributed by atoms with Gasteiger partial charge < -0.3 is 19.7 Å². The Labute approximate surface area is 177 Å². The van der Waals surface area contributed by atoms with Gasteiger partial charge >= 0.3 is 6.01 Å². The third-order valence-corrected chi connectivity index (χ3v) is 4.28. The highest BCUT2D eigenvalue weighted by Crippen LogP contribution is 2.35. The molecule has 166 valence electrons. The van der Waals surface area contributed by atoms with E-state index in [1.54, 1.807) is 0 Å².